The van der Waals surface area contributed by atoms with Crippen LogP contribution in [-0.4, -0.2) is 27.6 Å². The molecule has 8 heteroatoms. The van der Waals surface area contributed by atoms with Gasteiger partial charge in [0.1, 0.15) is 22.2 Å². The Labute approximate surface area is 158 Å². The molecule has 2 aromatic carbocycles. The van der Waals surface area contributed by atoms with Crippen molar-refractivity contribution in [3.63, 3.8) is 0 Å². The maximum Gasteiger partial charge on any atom is 0.266 e. The largest absolute Gasteiger partial charge is 0.497 e. The number of anilines is 3. The molecule has 0 fully saturated rings. The van der Waals surface area contributed by atoms with Gasteiger partial charge in [-0.2, -0.15) is 0 Å². The molecule has 27 heavy (non-hydrogen) atoms. The molecule has 0 aliphatic rings. The van der Waals surface area contributed by atoms with Gasteiger partial charge < -0.3 is 14.8 Å². The zero-order chi connectivity index (χ0) is 19.3. The maximum absolute atomic E-state index is 12.7. The highest BCUT2D eigenvalue weighted by molar-refractivity contribution is 7.92. The van der Waals surface area contributed by atoms with Crippen molar-refractivity contribution in [2.24, 2.45) is 0 Å². The van der Waals surface area contributed by atoms with Gasteiger partial charge in [-0.05, 0) is 36.4 Å². The average molecular weight is 385 g/mol. The molecule has 7 nitrogen and oxygen atoms in total. The molecule has 140 valence electrons. The van der Waals surface area contributed by atoms with Crippen LogP contribution in [0.15, 0.2) is 71.8 Å². The van der Waals surface area contributed by atoms with Crippen molar-refractivity contribution in [2.45, 2.75) is 4.90 Å². The van der Waals surface area contributed by atoms with Crippen molar-refractivity contribution < 1.29 is 17.9 Å². The first kappa shape index (κ1) is 18.5. The number of para-hydroxylation sites is 1. The molecule has 0 bridgehead atoms. The molecule has 0 aliphatic carbocycles. The van der Waals surface area contributed by atoms with Crippen molar-refractivity contribution in [1.29, 1.82) is 0 Å². The summed E-state index contributed by atoms with van der Waals surface area (Å²) in [5.74, 6) is 0.885. The Morgan fingerprint density at radius 1 is 0.889 bits per heavy atom. The number of nitrogens with zero attached hydrogens (tertiary/aromatic N) is 1. The number of nitrogens with one attached hydrogen (secondary N) is 2. The van der Waals surface area contributed by atoms with Crippen LogP contribution in [-0.2, 0) is 10.0 Å². The third kappa shape index (κ3) is 4.48. The number of rotatable bonds is 7. The van der Waals surface area contributed by atoms with E-state index in [0.29, 0.717) is 5.75 Å². The monoisotopic (exact) mass is 385 g/mol. The molecule has 0 radical (unpaired) electrons. The van der Waals surface area contributed by atoms with Gasteiger partial charge >= 0.3 is 0 Å². The fourth-order valence-corrected chi connectivity index (χ4v) is 3.57. The summed E-state index contributed by atoms with van der Waals surface area (Å²) in [7, 11) is -0.971. The van der Waals surface area contributed by atoms with Crippen molar-refractivity contribution in [2.75, 3.05) is 24.3 Å². The van der Waals surface area contributed by atoms with E-state index in [-0.39, 0.29) is 16.5 Å². The summed E-state index contributed by atoms with van der Waals surface area (Å²) in [4.78, 5) is 4.16. The molecule has 0 spiro atoms. The molecular weight excluding hydrogens is 366 g/mol. The van der Waals surface area contributed by atoms with E-state index in [4.69, 9.17) is 9.47 Å². The van der Waals surface area contributed by atoms with E-state index < -0.39 is 10.0 Å². The molecule has 3 aromatic rings. The molecule has 2 N–H and O–H groups in total. The first-order chi connectivity index (χ1) is 13.0. The molecular formula is C19H19N3O4S. The normalized spacial score (nSPS) is 10.9. The first-order valence-electron chi connectivity index (χ1n) is 8.05. The van der Waals surface area contributed by atoms with Crippen LogP contribution in [0.1, 0.15) is 0 Å². The van der Waals surface area contributed by atoms with Crippen molar-refractivity contribution in [3.8, 4) is 11.5 Å². The summed E-state index contributed by atoms with van der Waals surface area (Å²) in [5.41, 5.74) is 1.65. The molecule has 0 unspecified atom stereocenters. The van der Waals surface area contributed by atoms with Crippen LogP contribution in [0.4, 0.5) is 17.2 Å². The summed E-state index contributed by atoms with van der Waals surface area (Å²) in [6.07, 6.45) is 1.55. The minimum absolute atomic E-state index is 0.000845. The van der Waals surface area contributed by atoms with Gasteiger partial charge in [0.25, 0.3) is 10.0 Å². The van der Waals surface area contributed by atoms with Gasteiger partial charge in [0.15, 0.2) is 0 Å². The zero-order valence-electron chi connectivity index (χ0n) is 14.8. The van der Waals surface area contributed by atoms with Gasteiger partial charge in [-0.3, -0.25) is 4.72 Å². The highest BCUT2D eigenvalue weighted by atomic mass is 32.2. The minimum Gasteiger partial charge on any atom is -0.497 e. The number of benzene rings is 2. The SMILES string of the molecule is COc1ccc(S(=O)(=O)Nc2ccc(Nc3ccccc3)cn2)c(OC)c1. The smallest absolute Gasteiger partial charge is 0.266 e. The van der Waals surface area contributed by atoms with E-state index in [1.807, 2.05) is 30.3 Å². The number of ether oxygens (including phenoxy) is 2. The molecule has 0 saturated heterocycles. The van der Waals surface area contributed by atoms with Gasteiger partial charge in [-0.1, -0.05) is 18.2 Å². The highest BCUT2D eigenvalue weighted by Crippen LogP contribution is 2.29. The summed E-state index contributed by atoms with van der Waals surface area (Å²) >= 11 is 0. The van der Waals surface area contributed by atoms with E-state index in [0.717, 1.165) is 11.4 Å². The van der Waals surface area contributed by atoms with E-state index in [1.165, 1.54) is 26.4 Å². The predicted molar refractivity (Wildman–Crippen MR) is 104 cm³/mol. The molecule has 1 heterocycles. The topological polar surface area (TPSA) is 89.6 Å². The lowest BCUT2D eigenvalue weighted by molar-refractivity contribution is 0.386. The van der Waals surface area contributed by atoms with E-state index in [2.05, 4.69) is 15.0 Å². The lowest BCUT2D eigenvalue weighted by Gasteiger charge is -2.12. The Morgan fingerprint density at radius 2 is 1.67 bits per heavy atom. The maximum atomic E-state index is 12.7. The number of hydrogen-bond donors (Lipinski definition) is 2. The van der Waals surface area contributed by atoms with Gasteiger partial charge in [0.05, 0.1) is 26.1 Å². The van der Waals surface area contributed by atoms with Gasteiger partial charge in [-0.25, -0.2) is 13.4 Å². The molecule has 0 amide bonds. The molecule has 0 saturated carbocycles. The van der Waals surface area contributed by atoms with Crippen molar-refractivity contribution in [1.82, 2.24) is 4.98 Å². The lowest BCUT2D eigenvalue weighted by Crippen LogP contribution is -2.15. The van der Waals surface area contributed by atoms with Crippen molar-refractivity contribution >= 4 is 27.2 Å². The Morgan fingerprint density at radius 3 is 2.30 bits per heavy atom. The zero-order valence-corrected chi connectivity index (χ0v) is 15.7. The first-order valence-corrected chi connectivity index (χ1v) is 9.53. The van der Waals surface area contributed by atoms with E-state index in [1.54, 1.807) is 24.4 Å². The minimum atomic E-state index is -3.87. The van der Waals surface area contributed by atoms with Crippen LogP contribution in [0.25, 0.3) is 0 Å². The van der Waals surface area contributed by atoms with E-state index in [9.17, 15) is 8.42 Å². The number of methoxy groups -OCH3 is 2. The number of aromatic nitrogens is 1. The van der Waals surface area contributed by atoms with E-state index >= 15 is 0 Å². The Hall–Kier alpha value is -3.26. The fraction of sp³-hybridized carbons (Fsp3) is 0.105. The van der Waals surface area contributed by atoms with Crippen LogP contribution in [0.2, 0.25) is 0 Å². The second-order valence-corrected chi connectivity index (χ2v) is 7.20. The van der Waals surface area contributed by atoms with Crippen molar-refractivity contribution in [3.05, 3.63) is 66.9 Å². The Balaban J connectivity index is 1.78. The second kappa shape index (κ2) is 7.96. The van der Waals surface area contributed by atoms with Crippen LogP contribution in [0.5, 0.6) is 11.5 Å². The van der Waals surface area contributed by atoms with Gasteiger partial charge in [0.2, 0.25) is 0 Å². The molecule has 1 aromatic heterocycles. The van der Waals surface area contributed by atoms with Crippen LogP contribution < -0.4 is 19.5 Å². The Bertz CT molecular complexity index is 1010. The van der Waals surface area contributed by atoms with Crippen LogP contribution >= 0.6 is 0 Å². The predicted octanol–water partition coefficient (Wildman–Crippen LogP) is 3.64. The third-order valence-corrected chi connectivity index (χ3v) is 5.12. The summed E-state index contributed by atoms with van der Waals surface area (Å²) < 4.78 is 38.0. The lowest BCUT2D eigenvalue weighted by atomic mass is 10.3. The fourth-order valence-electron chi connectivity index (χ4n) is 2.41. The summed E-state index contributed by atoms with van der Waals surface area (Å²) in [6.45, 7) is 0. The van der Waals surface area contributed by atoms with Crippen LogP contribution in [0.3, 0.4) is 0 Å². The number of sulfonamides is 1. The number of hydrogen-bond acceptors (Lipinski definition) is 6. The standard InChI is InChI=1S/C19H19N3O4S/c1-25-16-9-10-18(17(12-16)26-2)27(23,24)22-19-11-8-15(13-20-19)21-14-6-4-3-5-7-14/h3-13,21H,1-2H3,(H,20,22). The molecule has 3 rings (SSSR count). The van der Waals surface area contributed by atoms with Crippen LogP contribution in [0, 0.1) is 0 Å². The van der Waals surface area contributed by atoms with Gasteiger partial charge in [-0.15, -0.1) is 0 Å². The quantitative estimate of drug-likeness (QED) is 0.645. The average Bonchev–Trinajstić information content (AvgIpc) is 2.69. The van der Waals surface area contributed by atoms with Gasteiger partial charge in [0, 0.05) is 11.8 Å². The highest BCUT2D eigenvalue weighted by Gasteiger charge is 2.20. The molecule has 0 atom stereocenters. The number of pyridine rings is 1. The second-order valence-electron chi connectivity index (χ2n) is 5.55. The molecule has 0 aliphatic heterocycles. The third-order valence-electron chi connectivity index (χ3n) is 3.73. The summed E-state index contributed by atoms with van der Waals surface area (Å²) in [6, 6.07) is 17.4. The Kier molecular flexibility index (Phi) is 5.46. The summed E-state index contributed by atoms with van der Waals surface area (Å²) in [5, 5.41) is 3.18.